The second-order valence-corrected chi connectivity index (χ2v) is 6.52. The molecule has 1 N–H and O–H groups in total. The Bertz CT molecular complexity index is 662. The number of carbonyl (C=O) groups excluding carboxylic acids is 3. The van der Waals surface area contributed by atoms with Crippen LogP contribution in [-0.4, -0.2) is 60.2 Å². The highest BCUT2D eigenvalue weighted by molar-refractivity contribution is 5.94. The molecular formula is C18H22FN3O3. The molecule has 2 saturated heterocycles. The summed E-state index contributed by atoms with van der Waals surface area (Å²) in [6.07, 6.45) is 1.60. The van der Waals surface area contributed by atoms with Gasteiger partial charge in [0.2, 0.25) is 11.8 Å². The van der Waals surface area contributed by atoms with Crippen LogP contribution in [-0.2, 0) is 9.59 Å². The normalized spacial score (nSPS) is 21.5. The molecule has 0 saturated carbocycles. The van der Waals surface area contributed by atoms with Crippen molar-refractivity contribution in [3.05, 3.63) is 35.6 Å². The highest BCUT2D eigenvalue weighted by atomic mass is 19.1. The maximum atomic E-state index is 13.0. The molecule has 0 radical (unpaired) electrons. The van der Waals surface area contributed by atoms with Crippen molar-refractivity contribution in [3.8, 4) is 0 Å². The second kappa shape index (κ2) is 7.63. The van der Waals surface area contributed by atoms with Gasteiger partial charge in [0.1, 0.15) is 5.82 Å². The predicted molar refractivity (Wildman–Crippen MR) is 89.2 cm³/mol. The Morgan fingerprint density at radius 1 is 1.04 bits per heavy atom. The highest BCUT2D eigenvalue weighted by Crippen LogP contribution is 2.18. The fraction of sp³-hybridized carbons (Fsp3) is 0.500. The van der Waals surface area contributed by atoms with Crippen molar-refractivity contribution in [2.45, 2.75) is 19.3 Å². The maximum Gasteiger partial charge on any atom is 0.253 e. The maximum absolute atomic E-state index is 13.0. The third-order valence-electron chi connectivity index (χ3n) is 4.78. The predicted octanol–water partition coefficient (Wildman–Crippen LogP) is 1.03. The van der Waals surface area contributed by atoms with Gasteiger partial charge >= 0.3 is 0 Å². The fourth-order valence-corrected chi connectivity index (χ4v) is 3.37. The summed E-state index contributed by atoms with van der Waals surface area (Å²) in [5, 5.41) is 2.74. The molecule has 2 aliphatic rings. The van der Waals surface area contributed by atoms with Crippen LogP contribution in [0.25, 0.3) is 0 Å². The summed E-state index contributed by atoms with van der Waals surface area (Å²) in [6, 6.07) is 5.50. The van der Waals surface area contributed by atoms with Gasteiger partial charge in [0.25, 0.3) is 5.91 Å². The minimum absolute atomic E-state index is 0.00549. The quantitative estimate of drug-likeness (QED) is 0.869. The number of hydrogen-bond acceptors (Lipinski definition) is 3. The first-order chi connectivity index (χ1) is 12.0. The Morgan fingerprint density at radius 2 is 1.72 bits per heavy atom. The van der Waals surface area contributed by atoms with E-state index in [-0.39, 0.29) is 35.9 Å². The van der Waals surface area contributed by atoms with E-state index in [1.807, 2.05) is 0 Å². The number of rotatable bonds is 2. The first-order valence-corrected chi connectivity index (χ1v) is 8.65. The summed E-state index contributed by atoms with van der Waals surface area (Å²) >= 11 is 0. The van der Waals surface area contributed by atoms with E-state index in [2.05, 4.69) is 5.32 Å². The van der Waals surface area contributed by atoms with Gasteiger partial charge in [-0.2, -0.15) is 0 Å². The number of hydrogen-bond donors (Lipinski definition) is 1. The third kappa shape index (κ3) is 4.15. The average molecular weight is 347 g/mol. The summed E-state index contributed by atoms with van der Waals surface area (Å²) in [4.78, 5) is 40.1. The second-order valence-electron chi connectivity index (χ2n) is 6.52. The van der Waals surface area contributed by atoms with Crippen LogP contribution in [0.1, 0.15) is 29.6 Å². The molecule has 6 nitrogen and oxygen atoms in total. The molecule has 134 valence electrons. The van der Waals surface area contributed by atoms with E-state index < -0.39 is 0 Å². The van der Waals surface area contributed by atoms with Crippen LogP contribution in [0.15, 0.2) is 24.3 Å². The number of benzene rings is 1. The van der Waals surface area contributed by atoms with E-state index in [1.54, 1.807) is 9.80 Å². The van der Waals surface area contributed by atoms with Crippen molar-refractivity contribution in [2.75, 3.05) is 32.7 Å². The Balaban J connectivity index is 1.60. The topological polar surface area (TPSA) is 69.7 Å². The van der Waals surface area contributed by atoms with E-state index in [4.69, 9.17) is 0 Å². The molecule has 0 bridgehead atoms. The fourth-order valence-electron chi connectivity index (χ4n) is 3.37. The van der Waals surface area contributed by atoms with Gasteiger partial charge in [0.15, 0.2) is 0 Å². The molecule has 2 fully saturated rings. The van der Waals surface area contributed by atoms with Crippen LogP contribution in [0, 0.1) is 11.7 Å². The van der Waals surface area contributed by atoms with Crippen LogP contribution in [0.3, 0.4) is 0 Å². The molecule has 1 atom stereocenters. The van der Waals surface area contributed by atoms with E-state index in [0.29, 0.717) is 51.1 Å². The molecule has 0 spiro atoms. The van der Waals surface area contributed by atoms with E-state index in [0.717, 1.165) is 0 Å². The first kappa shape index (κ1) is 17.4. The molecule has 25 heavy (non-hydrogen) atoms. The molecule has 1 unspecified atom stereocenters. The highest BCUT2D eigenvalue weighted by Gasteiger charge is 2.30. The van der Waals surface area contributed by atoms with Gasteiger partial charge in [-0.05, 0) is 37.1 Å². The van der Waals surface area contributed by atoms with Crippen molar-refractivity contribution in [2.24, 2.45) is 5.92 Å². The molecule has 7 heteroatoms. The minimum atomic E-state index is -0.374. The van der Waals surface area contributed by atoms with Crippen molar-refractivity contribution in [1.29, 1.82) is 0 Å². The van der Waals surface area contributed by atoms with Gasteiger partial charge in [0.05, 0.1) is 0 Å². The lowest BCUT2D eigenvalue weighted by Gasteiger charge is -2.28. The summed E-state index contributed by atoms with van der Waals surface area (Å²) in [7, 11) is 0. The summed E-state index contributed by atoms with van der Waals surface area (Å²) < 4.78 is 13.0. The molecule has 3 amide bonds. The van der Waals surface area contributed by atoms with Gasteiger partial charge in [-0.1, -0.05) is 0 Å². The van der Waals surface area contributed by atoms with Gasteiger partial charge in [-0.15, -0.1) is 0 Å². The molecule has 0 aliphatic carbocycles. The van der Waals surface area contributed by atoms with Gasteiger partial charge in [0, 0.05) is 50.6 Å². The van der Waals surface area contributed by atoms with Crippen molar-refractivity contribution < 1.29 is 18.8 Å². The lowest BCUT2D eigenvalue weighted by Crippen LogP contribution is -2.44. The van der Waals surface area contributed by atoms with Crippen LogP contribution in [0.2, 0.25) is 0 Å². The minimum Gasteiger partial charge on any atom is -0.356 e. The number of halogens is 1. The van der Waals surface area contributed by atoms with Crippen LogP contribution in [0.4, 0.5) is 4.39 Å². The lowest BCUT2D eigenvalue weighted by molar-refractivity contribution is -0.140. The molecule has 1 aromatic carbocycles. The number of carbonyl (C=O) groups is 3. The summed E-state index contributed by atoms with van der Waals surface area (Å²) in [5.74, 6) is -0.849. The van der Waals surface area contributed by atoms with Gasteiger partial charge in [-0.3, -0.25) is 14.4 Å². The van der Waals surface area contributed by atoms with E-state index >= 15 is 0 Å². The SMILES string of the molecule is O=C1CC(C(=O)N2CCCN(C(=O)c3ccc(F)cc3)CC2)CCN1. The number of nitrogens with one attached hydrogen (secondary N) is 1. The molecule has 2 aliphatic heterocycles. The summed E-state index contributed by atoms with van der Waals surface area (Å²) in [6.45, 7) is 2.60. The Labute approximate surface area is 146 Å². The number of amides is 3. The Hall–Kier alpha value is -2.44. The number of piperidine rings is 1. The van der Waals surface area contributed by atoms with E-state index in [1.165, 1.54) is 24.3 Å². The molecular weight excluding hydrogens is 325 g/mol. The zero-order chi connectivity index (χ0) is 17.8. The Morgan fingerprint density at radius 3 is 2.44 bits per heavy atom. The number of nitrogens with zero attached hydrogens (tertiary/aromatic N) is 2. The lowest BCUT2D eigenvalue weighted by atomic mass is 9.96. The molecule has 2 heterocycles. The van der Waals surface area contributed by atoms with Crippen molar-refractivity contribution in [3.63, 3.8) is 0 Å². The summed E-state index contributed by atoms with van der Waals surface area (Å²) in [5.41, 5.74) is 0.449. The molecule has 0 aromatic heterocycles. The average Bonchev–Trinajstić information content (AvgIpc) is 2.87. The first-order valence-electron chi connectivity index (χ1n) is 8.65. The smallest absolute Gasteiger partial charge is 0.253 e. The van der Waals surface area contributed by atoms with Crippen molar-refractivity contribution >= 4 is 17.7 Å². The molecule has 3 rings (SSSR count). The van der Waals surface area contributed by atoms with Gasteiger partial charge < -0.3 is 15.1 Å². The van der Waals surface area contributed by atoms with Crippen LogP contribution >= 0.6 is 0 Å². The standard InChI is InChI=1S/C18H22FN3O3/c19-15-4-2-13(3-5-15)17(24)21-8-1-9-22(11-10-21)18(25)14-6-7-20-16(23)12-14/h2-5,14H,1,6-12H2,(H,20,23). The largest absolute Gasteiger partial charge is 0.356 e. The van der Waals surface area contributed by atoms with Gasteiger partial charge in [-0.25, -0.2) is 4.39 Å². The van der Waals surface area contributed by atoms with Crippen LogP contribution < -0.4 is 5.32 Å². The third-order valence-corrected chi connectivity index (χ3v) is 4.78. The monoisotopic (exact) mass is 347 g/mol. The Kier molecular flexibility index (Phi) is 5.31. The molecule has 1 aromatic rings. The van der Waals surface area contributed by atoms with Crippen LogP contribution in [0.5, 0.6) is 0 Å². The van der Waals surface area contributed by atoms with E-state index in [9.17, 15) is 18.8 Å². The zero-order valence-corrected chi connectivity index (χ0v) is 14.0. The van der Waals surface area contributed by atoms with Crippen molar-refractivity contribution in [1.82, 2.24) is 15.1 Å². The zero-order valence-electron chi connectivity index (χ0n) is 14.0.